The molecule has 0 aliphatic heterocycles. The van der Waals surface area contributed by atoms with Gasteiger partial charge in [-0.3, -0.25) is 0 Å². The Morgan fingerprint density at radius 2 is 1.48 bits per heavy atom. The summed E-state index contributed by atoms with van der Waals surface area (Å²) in [7, 11) is 6.42. The second-order valence-electron chi connectivity index (χ2n) is 6.90. The van der Waals surface area contributed by atoms with Crippen molar-refractivity contribution in [3.8, 4) is 23.0 Å². The van der Waals surface area contributed by atoms with Crippen LogP contribution in [0.4, 0.5) is 0 Å². The Bertz CT molecular complexity index is 805. The monoisotopic (exact) mass is 372 g/mol. The quantitative estimate of drug-likeness (QED) is 0.804. The molecule has 27 heavy (non-hydrogen) atoms. The zero-order chi connectivity index (χ0) is 19.6. The Morgan fingerprint density at radius 3 is 2.04 bits per heavy atom. The number of ether oxygens (including phenoxy) is 4. The molecule has 1 atom stereocenters. The van der Waals surface area contributed by atoms with E-state index in [0.29, 0.717) is 23.7 Å². The molecular formula is C22H28O5. The SMILES string of the molecule is COc1ccc2c(c1C)CCCCC2(O)c1cc(OC)c(OC)c(OC)c1. The standard InChI is InChI=1S/C22H28O5/c1-14-16-8-6-7-11-22(23,17(16)9-10-18(14)24-2)15-12-19(25-3)21(27-5)20(13-15)26-4/h9-10,12-13,23H,6-8,11H2,1-5H3. The third-order valence-electron chi connectivity index (χ3n) is 5.57. The van der Waals surface area contributed by atoms with Gasteiger partial charge in [-0.15, -0.1) is 0 Å². The van der Waals surface area contributed by atoms with E-state index in [1.165, 1.54) is 0 Å². The van der Waals surface area contributed by atoms with Crippen LogP contribution in [-0.4, -0.2) is 33.5 Å². The van der Waals surface area contributed by atoms with Gasteiger partial charge in [0.2, 0.25) is 5.75 Å². The van der Waals surface area contributed by atoms with Gasteiger partial charge in [-0.1, -0.05) is 6.07 Å². The summed E-state index contributed by atoms with van der Waals surface area (Å²) in [5.74, 6) is 2.45. The minimum atomic E-state index is -1.13. The second-order valence-corrected chi connectivity index (χ2v) is 6.90. The zero-order valence-electron chi connectivity index (χ0n) is 16.7. The normalized spacial score (nSPS) is 19.0. The fourth-order valence-corrected chi connectivity index (χ4v) is 4.10. The van der Waals surface area contributed by atoms with E-state index in [2.05, 4.69) is 6.92 Å². The van der Waals surface area contributed by atoms with Gasteiger partial charge in [-0.25, -0.2) is 0 Å². The summed E-state index contributed by atoms with van der Waals surface area (Å²) in [6.45, 7) is 2.05. The van der Waals surface area contributed by atoms with Gasteiger partial charge < -0.3 is 24.1 Å². The number of benzene rings is 2. The van der Waals surface area contributed by atoms with Crippen molar-refractivity contribution >= 4 is 0 Å². The van der Waals surface area contributed by atoms with Crippen molar-refractivity contribution in [2.75, 3.05) is 28.4 Å². The average molecular weight is 372 g/mol. The molecule has 5 heteroatoms. The topological polar surface area (TPSA) is 57.2 Å². The second kappa shape index (κ2) is 7.69. The van der Waals surface area contributed by atoms with E-state index in [1.807, 2.05) is 24.3 Å². The molecule has 0 spiro atoms. The highest BCUT2D eigenvalue weighted by molar-refractivity contribution is 5.58. The highest BCUT2D eigenvalue weighted by Gasteiger charge is 2.37. The first-order valence-corrected chi connectivity index (χ1v) is 9.20. The maximum absolute atomic E-state index is 11.9. The number of methoxy groups -OCH3 is 4. The molecule has 0 amide bonds. The van der Waals surface area contributed by atoms with Crippen LogP contribution < -0.4 is 18.9 Å². The van der Waals surface area contributed by atoms with Gasteiger partial charge in [-0.05, 0) is 73.1 Å². The Hall–Kier alpha value is -2.40. The predicted octanol–water partition coefficient (Wildman–Crippen LogP) is 3.99. The molecule has 1 aliphatic carbocycles. The highest BCUT2D eigenvalue weighted by atomic mass is 16.5. The van der Waals surface area contributed by atoms with Gasteiger partial charge in [0, 0.05) is 0 Å². The Balaban J connectivity index is 2.24. The third-order valence-corrected chi connectivity index (χ3v) is 5.57. The van der Waals surface area contributed by atoms with E-state index in [9.17, 15) is 5.11 Å². The third kappa shape index (κ3) is 3.21. The summed E-state index contributed by atoms with van der Waals surface area (Å²) < 4.78 is 21.9. The van der Waals surface area contributed by atoms with Crippen LogP contribution in [0.25, 0.3) is 0 Å². The maximum atomic E-state index is 11.9. The van der Waals surface area contributed by atoms with Crippen molar-refractivity contribution in [1.82, 2.24) is 0 Å². The summed E-state index contributed by atoms with van der Waals surface area (Å²) in [6, 6.07) is 7.60. The molecule has 5 nitrogen and oxygen atoms in total. The lowest BCUT2D eigenvalue weighted by molar-refractivity contribution is 0.0697. The van der Waals surface area contributed by atoms with Crippen molar-refractivity contribution in [3.63, 3.8) is 0 Å². The molecule has 3 rings (SSSR count). The van der Waals surface area contributed by atoms with Gasteiger partial charge >= 0.3 is 0 Å². The fourth-order valence-electron chi connectivity index (χ4n) is 4.10. The van der Waals surface area contributed by atoms with Gasteiger partial charge in [0.1, 0.15) is 11.4 Å². The minimum absolute atomic E-state index is 0.520. The van der Waals surface area contributed by atoms with E-state index in [4.69, 9.17) is 18.9 Å². The molecule has 0 bridgehead atoms. The van der Waals surface area contributed by atoms with Crippen LogP contribution in [-0.2, 0) is 12.0 Å². The predicted molar refractivity (Wildman–Crippen MR) is 104 cm³/mol. The Kier molecular flexibility index (Phi) is 5.51. The van der Waals surface area contributed by atoms with Crippen molar-refractivity contribution in [1.29, 1.82) is 0 Å². The molecule has 1 N–H and O–H groups in total. The fraction of sp³-hybridized carbons (Fsp3) is 0.455. The lowest BCUT2D eigenvalue weighted by Gasteiger charge is -2.31. The Morgan fingerprint density at radius 1 is 0.852 bits per heavy atom. The molecule has 0 radical (unpaired) electrons. The summed E-state index contributed by atoms with van der Waals surface area (Å²) in [4.78, 5) is 0. The van der Waals surface area contributed by atoms with E-state index in [-0.39, 0.29) is 0 Å². The van der Waals surface area contributed by atoms with Crippen molar-refractivity contribution in [2.45, 2.75) is 38.2 Å². The molecule has 0 aromatic heterocycles. The van der Waals surface area contributed by atoms with Crippen LogP contribution in [0.2, 0.25) is 0 Å². The van der Waals surface area contributed by atoms with Crippen molar-refractivity contribution < 1.29 is 24.1 Å². The first kappa shape index (κ1) is 19.4. The minimum Gasteiger partial charge on any atom is -0.496 e. The van der Waals surface area contributed by atoms with Gasteiger partial charge in [-0.2, -0.15) is 0 Å². The number of rotatable bonds is 5. The lowest BCUT2D eigenvalue weighted by Crippen LogP contribution is -2.28. The molecule has 0 fully saturated rings. The lowest BCUT2D eigenvalue weighted by atomic mass is 9.80. The maximum Gasteiger partial charge on any atom is 0.203 e. The zero-order valence-corrected chi connectivity index (χ0v) is 16.7. The van der Waals surface area contributed by atoms with Crippen molar-refractivity contribution in [2.24, 2.45) is 0 Å². The summed E-state index contributed by atoms with van der Waals surface area (Å²) >= 11 is 0. The molecule has 1 aliphatic rings. The van der Waals surface area contributed by atoms with Crippen LogP contribution in [0.15, 0.2) is 24.3 Å². The van der Waals surface area contributed by atoms with Gasteiger partial charge in [0.15, 0.2) is 11.5 Å². The number of hydrogen-bond acceptors (Lipinski definition) is 5. The molecule has 0 saturated heterocycles. The smallest absolute Gasteiger partial charge is 0.203 e. The molecular weight excluding hydrogens is 344 g/mol. The molecule has 146 valence electrons. The molecule has 0 saturated carbocycles. The number of hydrogen-bond donors (Lipinski definition) is 1. The van der Waals surface area contributed by atoms with Crippen LogP contribution in [0.5, 0.6) is 23.0 Å². The van der Waals surface area contributed by atoms with Crippen LogP contribution >= 0.6 is 0 Å². The molecule has 2 aromatic carbocycles. The molecule has 0 heterocycles. The molecule has 2 aromatic rings. The van der Waals surface area contributed by atoms with Crippen LogP contribution in [0.3, 0.4) is 0 Å². The summed E-state index contributed by atoms with van der Waals surface area (Å²) in [5.41, 5.74) is 2.78. The van der Waals surface area contributed by atoms with E-state index in [1.54, 1.807) is 28.4 Å². The van der Waals surface area contributed by atoms with E-state index < -0.39 is 5.60 Å². The number of fused-ring (bicyclic) bond motifs is 1. The average Bonchev–Trinajstić information content (AvgIpc) is 2.87. The van der Waals surface area contributed by atoms with Crippen LogP contribution in [0.1, 0.15) is 41.5 Å². The molecule has 1 unspecified atom stereocenters. The Labute approximate surface area is 160 Å². The van der Waals surface area contributed by atoms with E-state index in [0.717, 1.165) is 47.3 Å². The largest absolute Gasteiger partial charge is 0.496 e. The highest BCUT2D eigenvalue weighted by Crippen LogP contribution is 2.47. The first-order valence-electron chi connectivity index (χ1n) is 9.20. The van der Waals surface area contributed by atoms with Gasteiger partial charge in [0.25, 0.3) is 0 Å². The van der Waals surface area contributed by atoms with Crippen LogP contribution in [0, 0.1) is 6.92 Å². The van der Waals surface area contributed by atoms with Gasteiger partial charge in [0.05, 0.1) is 28.4 Å². The first-order chi connectivity index (χ1) is 13.0. The van der Waals surface area contributed by atoms with Crippen molar-refractivity contribution in [3.05, 3.63) is 46.5 Å². The summed E-state index contributed by atoms with van der Waals surface area (Å²) in [6.07, 6.45) is 3.49. The summed E-state index contributed by atoms with van der Waals surface area (Å²) in [5, 5.41) is 11.9. The van der Waals surface area contributed by atoms with E-state index >= 15 is 0 Å². The number of aliphatic hydroxyl groups is 1.